The second-order valence-corrected chi connectivity index (χ2v) is 10.0. The Balaban J connectivity index is 1.59. The Morgan fingerprint density at radius 1 is 1.25 bits per heavy atom. The normalized spacial score (nSPS) is 20.7. The van der Waals surface area contributed by atoms with Gasteiger partial charge in [0.05, 0.1) is 6.42 Å². The van der Waals surface area contributed by atoms with Crippen LogP contribution in [0.1, 0.15) is 42.9 Å². The molecule has 2 aliphatic rings. The van der Waals surface area contributed by atoms with Crippen molar-refractivity contribution in [2.75, 3.05) is 26.4 Å². The van der Waals surface area contributed by atoms with Gasteiger partial charge in [0.25, 0.3) is 0 Å². The third-order valence-electron chi connectivity index (χ3n) is 6.52. The Hall–Kier alpha value is -2.41. The molecule has 0 bridgehead atoms. The molecule has 4 nitrogen and oxygen atoms in total. The number of rotatable bonds is 6. The molecule has 1 fully saturated rings. The third-order valence-corrected chi connectivity index (χ3v) is 7.46. The second kappa shape index (κ2) is 9.61. The van der Waals surface area contributed by atoms with Crippen molar-refractivity contribution in [3.05, 3.63) is 70.5 Å². The quantitative estimate of drug-likeness (QED) is 0.657. The zero-order chi connectivity index (χ0) is 22.8. The third kappa shape index (κ3) is 4.82. The molecule has 168 valence electrons. The molecule has 1 N–H and O–H groups in total. The van der Waals surface area contributed by atoms with Gasteiger partial charge in [-0.25, -0.2) is 4.39 Å². The van der Waals surface area contributed by atoms with Crippen LogP contribution in [0.5, 0.6) is 0 Å². The van der Waals surface area contributed by atoms with E-state index in [9.17, 15) is 13.7 Å². The van der Waals surface area contributed by atoms with Gasteiger partial charge in [-0.1, -0.05) is 6.07 Å². The van der Waals surface area contributed by atoms with Crippen LogP contribution in [0, 0.1) is 5.82 Å². The first-order valence-electron chi connectivity index (χ1n) is 11.0. The van der Waals surface area contributed by atoms with Crippen LogP contribution in [-0.2, 0) is 16.0 Å². The number of amides is 1. The first-order chi connectivity index (χ1) is 15.3. The molecule has 2 unspecified atom stereocenters. The molecule has 2 aromatic carbocycles. The molecule has 32 heavy (non-hydrogen) atoms. The summed E-state index contributed by atoms with van der Waals surface area (Å²) in [5.41, 5.74) is 5.54. The maximum Gasteiger partial charge on any atom is 0.224 e. The molecular formula is C26H29FN2O2S. The van der Waals surface area contributed by atoms with Gasteiger partial charge >= 0.3 is 0 Å². The highest BCUT2D eigenvalue weighted by atomic mass is 32.2. The van der Waals surface area contributed by atoms with E-state index in [1.165, 1.54) is 12.1 Å². The van der Waals surface area contributed by atoms with E-state index in [1.54, 1.807) is 12.3 Å². The summed E-state index contributed by atoms with van der Waals surface area (Å²) in [6, 6.07) is 12.7. The van der Waals surface area contributed by atoms with Crippen molar-refractivity contribution >= 4 is 34.3 Å². The number of nitrogens with one attached hydrogen (secondary N) is 1. The fourth-order valence-corrected chi connectivity index (χ4v) is 5.11. The zero-order valence-electron chi connectivity index (χ0n) is 18.8. The van der Waals surface area contributed by atoms with E-state index in [0.29, 0.717) is 12.6 Å². The van der Waals surface area contributed by atoms with Gasteiger partial charge in [0.2, 0.25) is 5.91 Å². The highest BCUT2D eigenvalue weighted by Gasteiger charge is 2.27. The summed E-state index contributed by atoms with van der Waals surface area (Å²) in [5.74, 6) is -0.344. The van der Waals surface area contributed by atoms with Gasteiger partial charge in [0, 0.05) is 12.6 Å². The lowest BCUT2D eigenvalue weighted by molar-refractivity contribution is -0.120. The van der Waals surface area contributed by atoms with Crippen molar-refractivity contribution in [2.45, 2.75) is 37.1 Å². The maximum absolute atomic E-state index is 14.1. The van der Waals surface area contributed by atoms with Crippen LogP contribution >= 0.6 is 0 Å². The molecule has 1 aliphatic carbocycles. The molecule has 0 radical (unpaired) electrons. The average molecular weight is 453 g/mol. The first kappa shape index (κ1) is 22.8. The Morgan fingerprint density at radius 3 is 2.66 bits per heavy atom. The Bertz CT molecular complexity index is 1080. The Labute approximate surface area is 192 Å². The van der Waals surface area contributed by atoms with Crippen molar-refractivity contribution in [2.24, 2.45) is 0 Å². The number of benzene rings is 2. The van der Waals surface area contributed by atoms with E-state index in [-0.39, 0.29) is 18.1 Å². The van der Waals surface area contributed by atoms with Crippen molar-refractivity contribution in [1.82, 2.24) is 10.2 Å². The van der Waals surface area contributed by atoms with Crippen LogP contribution < -0.4 is 5.32 Å². The summed E-state index contributed by atoms with van der Waals surface area (Å²) in [4.78, 5) is 15.8. The minimum atomic E-state index is -1.02. The summed E-state index contributed by atoms with van der Waals surface area (Å²) in [5, 5.41) is 3.07. The second-order valence-electron chi connectivity index (χ2n) is 8.63. The summed E-state index contributed by atoms with van der Waals surface area (Å²) >= 11 is -1.02. The Morgan fingerprint density at radius 2 is 2.00 bits per heavy atom. The molecular weight excluding hydrogens is 423 g/mol. The van der Waals surface area contributed by atoms with Crippen LogP contribution in [0.25, 0.3) is 17.2 Å². The minimum absolute atomic E-state index is 0.0362. The van der Waals surface area contributed by atoms with E-state index in [0.717, 1.165) is 57.7 Å². The number of halogens is 1. The molecule has 2 atom stereocenters. The molecule has 1 amide bonds. The maximum atomic E-state index is 14.1. The van der Waals surface area contributed by atoms with Gasteiger partial charge in [-0.3, -0.25) is 4.79 Å². The van der Waals surface area contributed by atoms with Crippen molar-refractivity contribution < 1.29 is 13.7 Å². The predicted octanol–water partition coefficient (Wildman–Crippen LogP) is 4.49. The van der Waals surface area contributed by atoms with Crippen molar-refractivity contribution in [1.29, 1.82) is 0 Å². The number of carbonyl (C=O) groups excluding carboxylic acids is 1. The van der Waals surface area contributed by atoms with Gasteiger partial charge < -0.3 is 14.8 Å². The van der Waals surface area contributed by atoms with E-state index >= 15 is 0 Å². The summed E-state index contributed by atoms with van der Waals surface area (Å²) in [6.45, 7) is 3.71. The highest BCUT2D eigenvalue weighted by Crippen LogP contribution is 2.43. The molecule has 0 saturated carbocycles. The smallest absolute Gasteiger partial charge is 0.224 e. The number of hydrogen-bond donors (Lipinski definition) is 1. The van der Waals surface area contributed by atoms with Gasteiger partial charge in [-0.2, -0.15) is 0 Å². The van der Waals surface area contributed by atoms with Gasteiger partial charge in [-0.05, 0) is 120 Å². The van der Waals surface area contributed by atoms with Gasteiger partial charge in [-0.15, -0.1) is 0 Å². The lowest BCUT2D eigenvalue weighted by Gasteiger charge is -2.19. The lowest BCUT2D eigenvalue weighted by atomic mass is 10.0. The molecule has 1 heterocycles. The van der Waals surface area contributed by atoms with E-state index in [1.807, 2.05) is 37.3 Å². The van der Waals surface area contributed by atoms with Gasteiger partial charge in [0.15, 0.2) is 4.90 Å². The van der Waals surface area contributed by atoms with Crippen LogP contribution in [0.3, 0.4) is 0 Å². The number of fused-ring (bicyclic) bond motifs is 1. The molecule has 2 aromatic rings. The standard InChI is InChI=1S/C26H29FN2O2S/c1-17-23(13-18-6-9-21(10-7-18)32(3)31)22-11-8-19(27)14-25(22)24(17)15-26(30)28-16-20-5-4-12-29(20)2/h6-11,13-14,20H,4-5,12,15-16H2,1-3H3,(H,28,30). The fourth-order valence-electron chi connectivity index (χ4n) is 4.60. The summed E-state index contributed by atoms with van der Waals surface area (Å²) < 4.78 is 25.8. The zero-order valence-corrected chi connectivity index (χ0v) is 19.6. The molecule has 1 saturated heterocycles. The fraction of sp³-hybridized carbons (Fsp3) is 0.346. The minimum Gasteiger partial charge on any atom is -0.612 e. The van der Waals surface area contributed by atoms with Crippen molar-refractivity contribution in [3.8, 4) is 0 Å². The Kier molecular flexibility index (Phi) is 6.84. The van der Waals surface area contributed by atoms with E-state index < -0.39 is 11.2 Å². The SMILES string of the molecule is CC1=C(CC(=O)NCC2CCCN2C)c2cc(F)ccc2C1=Cc1ccc([S+](C)[O-])cc1. The lowest BCUT2D eigenvalue weighted by Crippen LogP contribution is -2.38. The molecule has 4 rings (SSSR count). The monoisotopic (exact) mass is 452 g/mol. The van der Waals surface area contributed by atoms with Crippen LogP contribution in [0.2, 0.25) is 0 Å². The highest BCUT2D eigenvalue weighted by molar-refractivity contribution is 7.90. The number of likely N-dealkylation sites (tertiary alicyclic amines) is 1. The summed E-state index contributed by atoms with van der Waals surface area (Å²) in [6.07, 6.45) is 6.20. The topological polar surface area (TPSA) is 55.4 Å². The predicted molar refractivity (Wildman–Crippen MR) is 129 cm³/mol. The van der Waals surface area contributed by atoms with Crippen LogP contribution in [0.15, 0.2) is 52.9 Å². The molecule has 6 heteroatoms. The first-order valence-corrected chi connectivity index (χ1v) is 12.5. The molecule has 0 aromatic heterocycles. The number of carbonyl (C=O) groups is 1. The number of nitrogens with zero attached hydrogens (tertiary/aromatic N) is 1. The van der Waals surface area contributed by atoms with Crippen LogP contribution in [-0.4, -0.2) is 47.8 Å². The molecule has 0 spiro atoms. The largest absolute Gasteiger partial charge is 0.612 e. The molecule has 1 aliphatic heterocycles. The van der Waals surface area contributed by atoms with Crippen LogP contribution in [0.4, 0.5) is 4.39 Å². The van der Waals surface area contributed by atoms with Crippen molar-refractivity contribution in [3.63, 3.8) is 0 Å². The van der Waals surface area contributed by atoms with E-state index in [2.05, 4.69) is 17.3 Å². The van der Waals surface area contributed by atoms with Gasteiger partial charge in [0.1, 0.15) is 12.1 Å². The summed E-state index contributed by atoms with van der Waals surface area (Å²) in [7, 11) is 2.09. The average Bonchev–Trinajstić information content (AvgIpc) is 3.28. The number of hydrogen-bond acceptors (Lipinski definition) is 3. The number of allylic oxidation sites excluding steroid dienone is 2. The van der Waals surface area contributed by atoms with E-state index in [4.69, 9.17) is 0 Å². The number of likely N-dealkylation sites (N-methyl/N-ethyl adjacent to an activating group) is 1.